The highest BCUT2D eigenvalue weighted by atomic mass is 16.5. The molecule has 5 heteroatoms. The minimum atomic E-state index is -0.398. The van der Waals surface area contributed by atoms with E-state index in [1.807, 2.05) is 18.2 Å². The van der Waals surface area contributed by atoms with Gasteiger partial charge in [0.05, 0.1) is 24.6 Å². The topological polar surface area (TPSA) is 55.0 Å². The number of ether oxygens (including phenoxy) is 1. The molecule has 114 valence electrons. The van der Waals surface area contributed by atoms with Crippen molar-refractivity contribution in [1.82, 2.24) is 0 Å². The molecule has 22 heavy (non-hydrogen) atoms. The molecule has 0 spiro atoms. The summed E-state index contributed by atoms with van der Waals surface area (Å²) < 4.78 is 10.5. The Bertz CT molecular complexity index is 685. The second-order valence-corrected chi connectivity index (χ2v) is 5.14. The largest absolute Gasteiger partial charge is 0.465 e. The van der Waals surface area contributed by atoms with Gasteiger partial charge in [0.15, 0.2) is 5.88 Å². The Kier molecular flexibility index (Phi) is 4.23. The SMILES string of the molecule is COC(=O)c1ccccc1N=Cc1ccc(N2CCCC2)o1. The number of anilines is 1. The van der Waals surface area contributed by atoms with Crippen LogP contribution in [0.2, 0.25) is 0 Å². The lowest BCUT2D eigenvalue weighted by Crippen LogP contribution is -2.16. The third kappa shape index (κ3) is 3.03. The number of carbonyl (C=O) groups excluding carboxylic acids is 1. The van der Waals surface area contributed by atoms with Crippen LogP contribution < -0.4 is 4.90 Å². The fourth-order valence-electron chi connectivity index (χ4n) is 2.52. The molecule has 0 unspecified atom stereocenters. The molecule has 0 saturated carbocycles. The number of aliphatic imine (C=N–C) groups is 1. The third-order valence-electron chi connectivity index (χ3n) is 3.67. The minimum Gasteiger partial charge on any atom is -0.465 e. The zero-order valence-corrected chi connectivity index (χ0v) is 12.5. The van der Waals surface area contributed by atoms with Gasteiger partial charge >= 0.3 is 5.97 Å². The number of rotatable bonds is 4. The average molecular weight is 298 g/mol. The minimum absolute atomic E-state index is 0.398. The molecule has 1 aliphatic rings. The number of para-hydroxylation sites is 1. The molecular weight excluding hydrogens is 280 g/mol. The first kappa shape index (κ1) is 14.4. The predicted octanol–water partition coefficient (Wildman–Crippen LogP) is 3.42. The summed E-state index contributed by atoms with van der Waals surface area (Å²) in [6.45, 7) is 2.07. The van der Waals surface area contributed by atoms with Gasteiger partial charge in [0.25, 0.3) is 0 Å². The number of carbonyl (C=O) groups is 1. The van der Waals surface area contributed by atoms with E-state index in [9.17, 15) is 4.79 Å². The zero-order valence-electron chi connectivity index (χ0n) is 12.5. The van der Waals surface area contributed by atoms with E-state index in [4.69, 9.17) is 9.15 Å². The third-order valence-corrected chi connectivity index (χ3v) is 3.67. The van der Waals surface area contributed by atoms with Crippen LogP contribution in [-0.2, 0) is 4.74 Å². The van der Waals surface area contributed by atoms with Crippen molar-refractivity contribution in [3.63, 3.8) is 0 Å². The van der Waals surface area contributed by atoms with Crippen LogP contribution in [-0.4, -0.2) is 32.4 Å². The Hall–Kier alpha value is -2.56. The van der Waals surface area contributed by atoms with E-state index in [1.54, 1.807) is 24.4 Å². The van der Waals surface area contributed by atoms with Crippen LogP contribution in [0, 0.1) is 0 Å². The number of furan rings is 1. The Morgan fingerprint density at radius 3 is 2.77 bits per heavy atom. The van der Waals surface area contributed by atoms with Gasteiger partial charge in [0.1, 0.15) is 5.76 Å². The van der Waals surface area contributed by atoms with Crippen LogP contribution in [0.25, 0.3) is 0 Å². The molecule has 2 heterocycles. The van der Waals surface area contributed by atoms with E-state index >= 15 is 0 Å². The Balaban J connectivity index is 1.78. The first-order valence-corrected chi connectivity index (χ1v) is 7.34. The van der Waals surface area contributed by atoms with Crippen molar-refractivity contribution in [1.29, 1.82) is 0 Å². The van der Waals surface area contributed by atoms with Gasteiger partial charge in [-0.2, -0.15) is 0 Å². The molecule has 5 nitrogen and oxygen atoms in total. The maximum absolute atomic E-state index is 11.7. The summed E-state index contributed by atoms with van der Waals surface area (Å²) >= 11 is 0. The molecular formula is C17H18N2O3. The lowest BCUT2D eigenvalue weighted by molar-refractivity contribution is 0.0601. The fourth-order valence-corrected chi connectivity index (χ4v) is 2.52. The standard InChI is InChI=1S/C17H18N2O3/c1-21-17(20)14-6-2-3-7-15(14)18-12-13-8-9-16(22-13)19-10-4-5-11-19/h2-3,6-9,12H,4-5,10-11H2,1H3. The van der Waals surface area contributed by atoms with Crippen LogP contribution in [0.5, 0.6) is 0 Å². The molecule has 0 N–H and O–H groups in total. The monoisotopic (exact) mass is 298 g/mol. The smallest absolute Gasteiger partial charge is 0.340 e. The normalized spacial score (nSPS) is 14.7. The van der Waals surface area contributed by atoms with E-state index in [0.717, 1.165) is 19.0 Å². The van der Waals surface area contributed by atoms with Gasteiger partial charge in [-0.3, -0.25) is 4.99 Å². The summed E-state index contributed by atoms with van der Waals surface area (Å²) in [7, 11) is 1.36. The number of hydrogen-bond donors (Lipinski definition) is 0. The lowest BCUT2D eigenvalue weighted by Gasteiger charge is -2.12. The summed E-state index contributed by atoms with van der Waals surface area (Å²) in [4.78, 5) is 18.3. The molecule has 3 rings (SSSR count). The zero-order chi connectivity index (χ0) is 15.4. The van der Waals surface area contributed by atoms with E-state index in [1.165, 1.54) is 20.0 Å². The average Bonchev–Trinajstić information content (AvgIpc) is 3.23. The number of nitrogens with zero attached hydrogens (tertiary/aromatic N) is 2. The van der Waals surface area contributed by atoms with Gasteiger partial charge in [0, 0.05) is 19.2 Å². The highest BCUT2D eigenvalue weighted by molar-refractivity contribution is 5.96. The second kappa shape index (κ2) is 6.47. The first-order chi connectivity index (χ1) is 10.8. The lowest BCUT2D eigenvalue weighted by atomic mass is 10.2. The predicted molar refractivity (Wildman–Crippen MR) is 85.2 cm³/mol. The molecule has 2 aromatic rings. The second-order valence-electron chi connectivity index (χ2n) is 5.14. The molecule has 1 aliphatic heterocycles. The Labute approximate surface area is 129 Å². The van der Waals surface area contributed by atoms with Gasteiger partial charge in [0.2, 0.25) is 0 Å². The fraction of sp³-hybridized carbons (Fsp3) is 0.294. The van der Waals surface area contributed by atoms with Crippen LogP contribution in [0.1, 0.15) is 29.0 Å². The van der Waals surface area contributed by atoms with Crippen molar-refractivity contribution in [2.45, 2.75) is 12.8 Å². The quantitative estimate of drug-likeness (QED) is 0.641. The summed E-state index contributed by atoms with van der Waals surface area (Å²) in [6.07, 6.45) is 4.04. The van der Waals surface area contributed by atoms with Crippen molar-refractivity contribution in [2.24, 2.45) is 4.99 Å². The van der Waals surface area contributed by atoms with Gasteiger partial charge in [-0.25, -0.2) is 4.79 Å². The van der Waals surface area contributed by atoms with Gasteiger partial charge in [-0.1, -0.05) is 12.1 Å². The molecule has 1 aromatic carbocycles. The van der Waals surface area contributed by atoms with E-state index in [0.29, 0.717) is 17.0 Å². The molecule has 1 aromatic heterocycles. The molecule has 1 fully saturated rings. The van der Waals surface area contributed by atoms with Crippen molar-refractivity contribution in [3.05, 3.63) is 47.7 Å². The van der Waals surface area contributed by atoms with Crippen molar-refractivity contribution in [3.8, 4) is 0 Å². The Morgan fingerprint density at radius 2 is 2.00 bits per heavy atom. The summed E-state index contributed by atoms with van der Waals surface area (Å²) in [5, 5.41) is 0. The van der Waals surface area contributed by atoms with E-state index < -0.39 is 5.97 Å². The molecule has 0 bridgehead atoms. The van der Waals surface area contributed by atoms with Crippen LogP contribution >= 0.6 is 0 Å². The summed E-state index contributed by atoms with van der Waals surface area (Å²) in [5.41, 5.74) is 1.00. The molecule has 1 saturated heterocycles. The number of esters is 1. The summed E-state index contributed by atoms with van der Waals surface area (Å²) in [6, 6.07) is 10.9. The van der Waals surface area contributed by atoms with Crippen molar-refractivity contribution in [2.75, 3.05) is 25.1 Å². The summed E-state index contributed by atoms with van der Waals surface area (Å²) in [5.74, 6) is 1.15. The number of methoxy groups -OCH3 is 1. The van der Waals surface area contributed by atoms with E-state index in [-0.39, 0.29) is 0 Å². The van der Waals surface area contributed by atoms with Crippen molar-refractivity contribution >= 4 is 23.8 Å². The molecule has 0 aliphatic carbocycles. The molecule has 0 radical (unpaired) electrons. The molecule has 0 amide bonds. The first-order valence-electron chi connectivity index (χ1n) is 7.34. The maximum atomic E-state index is 11.7. The van der Waals surface area contributed by atoms with Crippen molar-refractivity contribution < 1.29 is 13.9 Å². The maximum Gasteiger partial charge on any atom is 0.340 e. The Morgan fingerprint density at radius 1 is 1.23 bits per heavy atom. The highest BCUT2D eigenvalue weighted by Gasteiger charge is 2.15. The van der Waals surface area contributed by atoms with Gasteiger partial charge < -0.3 is 14.1 Å². The van der Waals surface area contributed by atoms with E-state index in [2.05, 4.69) is 9.89 Å². The number of benzene rings is 1. The van der Waals surface area contributed by atoms with Crippen LogP contribution in [0.15, 0.2) is 45.8 Å². The number of hydrogen-bond acceptors (Lipinski definition) is 5. The van der Waals surface area contributed by atoms with Gasteiger partial charge in [-0.15, -0.1) is 0 Å². The van der Waals surface area contributed by atoms with Crippen LogP contribution in [0.3, 0.4) is 0 Å². The highest BCUT2D eigenvalue weighted by Crippen LogP contribution is 2.23. The van der Waals surface area contributed by atoms with Crippen LogP contribution in [0.4, 0.5) is 11.6 Å². The molecule has 0 atom stereocenters. The van der Waals surface area contributed by atoms with Gasteiger partial charge in [-0.05, 0) is 31.0 Å².